The normalized spacial score (nSPS) is 18.6. The number of nitrogens with zero attached hydrogens (tertiary/aromatic N) is 1. The van der Waals surface area contributed by atoms with Gasteiger partial charge in [-0.2, -0.15) is 0 Å². The van der Waals surface area contributed by atoms with Crippen molar-refractivity contribution in [3.63, 3.8) is 0 Å². The number of benzene rings is 1. The molecule has 0 aliphatic carbocycles. The Labute approximate surface area is 136 Å². The molecule has 1 atom stereocenters. The predicted octanol–water partition coefficient (Wildman–Crippen LogP) is 2.40. The zero-order chi connectivity index (χ0) is 16.1. The molecule has 0 radical (unpaired) electrons. The van der Waals surface area contributed by atoms with E-state index in [1.165, 1.54) is 12.7 Å². The van der Waals surface area contributed by atoms with E-state index in [2.05, 4.69) is 10.2 Å². The minimum atomic E-state index is -0.0793. The number of carbonyl (C=O) groups is 1. The van der Waals surface area contributed by atoms with E-state index in [1.807, 2.05) is 24.3 Å². The maximum absolute atomic E-state index is 12.2. The number of amides is 1. The summed E-state index contributed by atoms with van der Waals surface area (Å²) < 4.78 is 5.40. The summed E-state index contributed by atoms with van der Waals surface area (Å²) in [4.78, 5) is 14.6. The fraction of sp³-hybridized carbons (Fsp3) is 0.500. The summed E-state index contributed by atoms with van der Waals surface area (Å²) in [6.45, 7) is 2.99. The van der Waals surface area contributed by atoms with Crippen molar-refractivity contribution in [1.82, 2.24) is 10.2 Å². The summed E-state index contributed by atoms with van der Waals surface area (Å²) >= 11 is 0. The Morgan fingerprint density at radius 3 is 3.09 bits per heavy atom. The van der Waals surface area contributed by atoms with Gasteiger partial charge in [0.15, 0.2) is 0 Å². The van der Waals surface area contributed by atoms with Gasteiger partial charge in [-0.3, -0.25) is 9.69 Å². The first kappa shape index (κ1) is 16.0. The van der Waals surface area contributed by atoms with E-state index in [0.29, 0.717) is 18.2 Å². The Morgan fingerprint density at radius 1 is 1.35 bits per heavy atom. The lowest BCUT2D eigenvalue weighted by Crippen LogP contribution is -2.33. The van der Waals surface area contributed by atoms with Crippen LogP contribution in [0.3, 0.4) is 0 Å². The van der Waals surface area contributed by atoms with Gasteiger partial charge in [0, 0.05) is 18.0 Å². The molecular formula is C18H24N2O3. The first-order valence-corrected chi connectivity index (χ1v) is 8.39. The molecule has 0 bridgehead atoms. The molecule has 23 heavy (non-hydrogen) atoms. The number of aliphatic hydroxyl groups is 1. The quantitative estimate of drug-likeness (QED) is 0.770. The standard InChI is InChI=1S/C18H24N2O3/c21-12-14-6-5-11-20(14)10-4-3-9-19-18(22)16-13-23-17-8-2-1-7-15(16)17/h1-2,7-8,13-14,21H,3-6,9-12H2,(H,19,22). The van der Waals surface area contributed by atoms with Gasteiger partial charge in [-0.25, -0.2) is 0 Å². The van der Waals surface area contributed by atoms with Crippen molar-refractivity contribution in [2.24, 2.45) is 0 Å². The van der Waals surface area contributed by atoms with Crippen LogP contribution in [0.15, 0.2) is 34.9 Å². The van der Waals surface area contributed by atoms with Gasteiger partial charge < -0.3 is 14.8 Å². The third-order valence-corrected chi connectivity index (χ3v) is 4.59. The summed E-state index contributed by atoms with van der Waals surface area (Å²) in [5, 5.41) is 13.1. The molecule has 124 valence electrons. The van der Waals surface area contributed by atoms with Crippen molar-refractivity contribution in [2.75, 3.05) is 26.2 Å². The van der Waals surface area contributed by atoms with Crippen LogP contribution in [0.1, 0.15) is 36.0 Å². The van der Waals surface area contributed by atoms with Crippen molar-refractivity contribution in [3.8, 4) is 0 Å². The number of nitrogens with one attached hydrogen (secondary N) is 1. The second kappa shape index (κ2) is 7.62. The van der Waals surface area contributed by atoms with Crippen LogP contribution < -0.4 is 5.32 Å². The predicted molar refractivity (Wildman–Crippen MR) is 89.5 cm³/mol. The van der Waals surface area contributed by atoms with Crippen molar-refractivity contribution < 1.29 is 14.3 Å². The van der Waals surface area contributed by atoms with Gasteiger partial charge in [0.1, 0.15) is 11.8 Å². The monoisotopic (exact) mass is 316 g/mol. The maximum Gasteiger partial charge on any atom is 0.255 e. The van der Waals surface area contributed by atoms with E-state index in [1.54, 1.807) is 0 Å². The number of hydrogen-bond donors (Lipinski definition) is 2. The second-order valence-corrected chi connectivity index (χ2v) is 6.12. The van der Waals surface area contributed by atoms with Gasteiger partial charge >= 0.3 is 0 Å². The number of unbranched alkanes of at least 4 members (excludes halogenated alkanes) is 1. The van der Waals surface area contributed by atoms with Crippen molar-refractivity contribution >= 4 is 16.9 Å². The summed E-state index contributed by atoms with van der Waals surface area (Å²) in [5.41, 5.74) is 1.34. The molecule has 1 fully saturated rings. The summed E-state index contributed by atoms with van der Waals surface area (Å²) in [6.07, 6.45) is 5.77. The van der Waals surface area contributed by atoms with Crippen LogP contribution in [-0.4, -0.2) is 48.2 Å². The Balaban J connectivity index is 1.41. The third kappa shape index (κ3) is 3.74. The van der Waals surface area contributed by atoms with Crippen LogP contribution in [0.2, 0.25) is 0 Å². The van der Waals surface area contributed by atoms with Gasteiger partial charge in [-0.1, -0.05) is 18.2 Å². The molecule has 3 rings (SSSR count). The molecule has 2 aromatic rings. The highest BCUT2D eigenvalue weighted by Gasteiger charge is 2.22. The maximum atomic E-state index is 12.2. The molecule has 2 N–H and O–H groups in total. The molecular weight excluding hydrogens is 292 g/mol. The lowest BCUT2D eigenvalue weighted by Gasteiger charge is -2.22. The van der Waals surface area contributed by atoms with Crippen LogP contribution in [-0.2, 0) is 0 Å². The lowest BCUT2D eigenvalue weighted by atomic mass is 10.1. The van der Waals surface area contributed by atoms with Gasteiger partial charge in [0.05, 0.1) is 12.2 Å². The topological polar surface area (TPSA) is 65.7 Å². The van der Waals surface area contributed by atoms with Gasteiger partial charge in [-0.05, 0) is 44.8 Å². The third-order valence-electron chi connectivity index (χ3n) is 4.59. The molecule has 2 heterocycles. The summed E-state index contributed by atoms with van der Waals surface area (Å²) in [5.74, 6) is -0.0793. The van der Waals surface area contributed by atoms with Crippen molar-refractivity contribution in [2.45, 2.75) is 31.7 Å². The molecule has 1 aliphatic heterocycles. The zero-order valence-corrected chi connectivity index (χ0v) is 13.3. The van der Waals surface area contributed by atoms with Crippen molar-refractivity contribution in [3.05, 3.63) is 36.1 Å². The molecule has 0 spiro atoms. The lowest BCUT2D eigenvalue weighted by molar-refractivity contribution is 0.0953. The van der Waals surface area contributed by atoms with E-state index in [-0.39, 0.29) is 12.5 Å². The first-order valence-electron chi connectivity index (χ1n) is 8.39. The molecule has 1 aromatic carbocycles. The van der Waals surface area contributed by atoms with E-state index < -0.39 is 0 Å². The Morgan fingerprint density at radius 2 is 2.22 bits per heavy atom. The highest BCUT2D eigenvalue weighted by atomic mass is 16.3. The molecule has 1 saturated heterocycles. The molecule has 5 heteroatoms. The van der Waals surface area contributed by atoms with Gasteiger partial charge in [0.2, 0.25) is 0 Å². The molecule has 1 amide bonds. The van der Waals surface area contributed by atoms with Crippen LogP contribution in [0, 0.1) is 0 Å². The average Bonchev–Trinajstić information content (AvgIpc) is 3.20. The second-order valence-electron chi connectivity index (χ2n) is 6.12. The number of rotatable bonds is 7. The number of aliphatic hydroxyl groups excluding tert-OH is 1. The Hall–Kier alpha value is -1.85. The number of hydrogen-bond acceptors (Lipinski definition) is 4. The van der Waals surface area contributed by atoms with Crippen LogP contribution in [0.25, 0.3) is 11.0 Å². The van der Waals surface area contributed by atoms with E-state index in [9.17, 15) is 9.90 Å². The number of likely N-dealkylation sites (tertiary alicyclic amines) is 1. The van der Waals surface area contributed by atoms with Crippen LogP contribution in [0.4, 0.5) is 0 Å². The Kier molecular flexibility index (Phi) is 5.31. The zero-order valence-electron chi connectivity index (χ0n) is 13.3. The Bertz CT molecular complexity index is 653. The summed E-state index contributed by atoms with van der Waals surface area (Å²) in [7, 11) is 0. The fourth-order valence-corrected chi connectivity index (χ4v) is 3.29. The van der Waals surface area contributed by atoms with Crippen LogP contribution >= 0.6 is 0 Å². The molecule has 5 nitrogen and oxygen atoms in total. The average molecular weight is 316 g/mol. The van der Waals surface area contributed by atoms with E-state index in [4.69, 9.17) is 4.42 Å². The summed E-state index contributed by atoms with van der Waals surface area (Å²) in [6, 6.07) is 7.89. The number of carbonyl (C=O) groups excluding carboxylic acids is 1. The minimum absolute atomic E-state index is 0.0793. The molecule has 1 aliphatic rings. The van der Waals surface area contributed by atoms with E-state index in [0.717, 1.165) is 43.3 Å². The molecule has 0 saturated carbocycles. The van der Waals surface area contributed by atoms with Gasteiger partial charge in [0.25, 0.3) is 5.91 Å². The first-order chi connectivity index (χ1) is 11.3. The highest BCUT2D eigenvalue weighted by Crippen LogP contribution is 2.20. The highest BCUT2D eigenvalue weighted by molar-refractivity contribution is 6.05. The molecule has 1 unspecified atom stereocenters. The number of fused-ring (bicyclic) bond motifs is 1. The smallest absolute Gasteiger partial charge is 0.255 e. The fourth-order valence-electron chi connectivity index (χ4n) is 3.29. The largest absolute Gasteiger partial charge is 0.463 e. The number of furan rings is 1. The van der Waals surface area contributed by atoms with Gasteiger partial charge in [-0.15, -0.1) is 0 Å². The minimum Gasteiger partial charge on any atom is -0.463 e. The van der Waals surface area contributed by atoms with E-state index >= 15 is 0 Å². The van der Waals surface area contributed by atoms with Crippen LogP contribution in [0.5, 0.6) is 0 Å². The number of para-hydroxylation sites is 1. The van der Waals surface area contributed by atoms with Crippen molar-refractivity contribution in [1.29, 1.82) is 0 Å². The SMILES string of the molecule is O=C(NCCCCN1CCCC1CO)c1coc2ccccc12. The molecule has 1 aromatic heterocycles.